The Hall–Kier alpha value is -2.44. The van der Waals surface area contributed by atoms with Crippen LogP contribution in [0.1, 0.15) is 22.6 Å². The first-order chi connectivity index (χ1) is 12.6. The van der Waals surface area contributed by atoms with Crippen LogP contribution in [0.3, 0.4) is 0 Å². The number of nitrogens with one attached hydrogen (secondary N) is 1. The van der Waals surface area contributed by atoms with Crippen LogP contribution < -0.4 is 5.43 Å². The number of amides is 1. The quantitative estimate of drug-likeness (QED) is 0.638. The summed E-state index contributed by atoms with van der Waals surface area (Å²) in [5, 5.41) is 3.94. The second-order valence-electron chi connectivity index (χ2n) is 6.78. The molecule has 2 aromatic rings. The van der Waals surface area contributed by atoms with Crippen molar-refractivity contribution in [2.45, 2.75) is 20.4 Å². The molecule has 1 aromatic carbocycles. The average molecular weight is 354 g/mol. The molecule has 0 unspecified atom stereocenters. The highest BCUT2D eigenvalue weighted by Gasteiger charge is 2.18. The van der Waals surface area contributed by atoms with Crippen molar-refractivity contribution >= 4 is 12.1 Å². The third-order valence-corrected chi connectivity index (χ3v) is 4.50. The highest BCUT2D eigenvalue weighted by molar-refractivity contribution is 5.81. The standard InChI is InChI=1S/C20H26N4O2/c1-16-3-6-18(7-4-16)14-23-9-11-24(12-10-23)15-20(25)22-21-13-19-8-5-17(2)26-19/h3-8,13H,9-12,14-15H2,1-2H3,(H,22,25)/b21-13-. The predicted molar refractivity (Wildman–Crippen MR) is 102 cm³/mol. The average Bonchev–Trinajstić information content (AvgIpc) is 3.04. The van der Waals surface area contributed by atoms with E-state index < -0.39 is 0 Å². The number of hydrogen-bond donors (Lipinski definition) is 1. The molecular formula is C20H26N4O2. The van der Waals surface area contributed by atoms with Gasteiger partial charge >= 0.3 is 0 Å². The number of furan rings is 1. The largest absolute Gasteiger partial charge is 0.460 e. The molecule has 0 aliphatic carbocycles. The summed E-state index contributed by atoms with van der Waals surface area (Å²) < 4.78 is 5.37. The molecule has 0 spiro atoms. The number of piperazine rings is 1. The third kappa shape index (κ3) is 5.54. The monoisotopic (exact) mass is 354 g/mol. The summed E-state index contributed by atoms with van der Waals surface area (Å²) in [6.07, 6.45) is 1.52. The Labute approximate surface area is 154 Å². The summed E-state index contributed by atoms with van der Waals surface area (Å²) in [5.41, 5.74) is 5.18. The van der Waals surface area contributed by atoms with E-state index in [-0.39, 0.29) is 5.91 Å². The zero-order valence-electron chi connectivity index (χ0n) is 15.4. The molecule has 0 saturated carbocycles. The van der Waals surface area contributed by atoms with Crippen LogP contribution in [0, 0.1) is 13.8 Å². The molecule has 2 heterocycles. The van der Waals surface area contributed by atoms with Crippen LogP contribution in [-0.4, -0.2) is 54.6 Å². The molecule has 6 nitrogen and oxygen atoms in total. The normalized spacial score (nSPS) is 16.2. The first kappa shape index (κ1) is 18.4. The van der Waals surface area contributed by atoms with E-state index in [4.69, 9.17) is 4.42 Å². The van der Waals surface area contributed by atoms with Crippen molar-refractivity contribution in [3.63, 3.8) is 0 Å². The van der Waals surface area contributed by atoms with Crippen LogP contribution >= 0.6 is 0 Å². The smallest absolute Gasteiger partial charge is 0.254 e. The first-order valence-electron chi connectivity index (χ1n) is 8.97. The van der Waals surface area contributed by atoms with Gasteiger partial charge in [-0.1, -0.05) is 29.8 Å². The number of carbonyl (C=O) groups excluding carboxylic acids is 1. The summed E-state index contributed by atoms with van der Waals surface area (Å²) in [6, 6.07) is 12.4. The number of carbonyl (C=O) groups is 1. The molecule has 1 aliphatic heterocycles. The maximum Gasteiger partial charge on any atom is 0.254 e. The molecule has 1 fully saturated rings. The topological polar surface area (TPSA) is 61.1 Å². The maximum absolute atomic E-state index is 12.0. The first-order valence-corrected chi connectivity index (χ1v) is 8.97. The Morgan fingerprint density at radius 2 is 1.77 bits per heavy atom. The van der Waals surface area contributed by atoms with Gasteiger partial charge in [0.1, 0.15) is 11.5 Å². The summed E-state index contributed by atoms with van der Waals surface area (Å²) in [6.45, 7) is 9.02. The van der Waals surface area contributed by atoms with Crippen molar-refractivity contribution in [3.8, 4) is 0 Å². The van der Waals surface area contributed by atoms with Gasteiger partial charge < -0.3 is 4.42 Å². The van der Waals surface area contributed by atoms with Gasteiger partial charge in [0, 0.05) is 32.7 Å². The van der Waals surface area contributed by atoms with E-state index in [2.05, 4.69) is 51.5 Å². The molecule has 0 atom stereocenters. The number of nitrogens with zero attached hydrogens (tertiary/aromatic N) is 3. The van der Waals surface area contributed by atoms with Crippen molar-refractivity contribution in [1.29, 1.82) is 0 Å². The van der Waals surface area contributed by atoms with Gasteiger partial charge in [-0.3, -0.25) is 14.6 Å². The van der Waals surface area contributed by atoms with Crippen LogP contribution in [0.15, 0.2) is 45.9 Å². The lowest BCUT2D eigenvalue weighted by Gasteiger charge is -2.34. The molecule has 1 saturated heterocycles. The van der Waals surface area contributed by atoms with Gasteiger partial charge in [-0.25, -0.2) is 5.43 Å². The molecule has 1 N–H and O–H groups in total. The summed E-state index contributed by atoms with van der Waals surface area (Å²) in [7, 11) is 0. The Kier molecular flexibility index (Phi) is 6.20. The summed E-state index contributed by atoms with van der Waals surface area (Å²) in [5.74, 6) is 1.35. The summed E-state index contributed by atoms with van der Waals surface area (Å²) in [4.78, 5) is 16.6. The lowest BCUT2D eigenvalue weighted by molar-refractivity contribution is -0.122. The molecule has 1 aliphatic rings. The summed E-state index contributed by atoms with van der Waals surface area (Å²) >= 11 is 0. The molecule has 138 valence electrons. The van der Waals surface area contributed by atoms with Gasteiger partial charge in [0.05, 0.1) is 12.8 Å². The second-order valence-corrected chi connectivity index (χ2v) is 6.78. The fraction of sp³-hybridized carbons (Fsp3) is 0.400. The minimum absolute atomic E-state index is 0.100. The minimum atomic E-state index is -0.100. The number of aryl methyl sites for hydroxylation is 2. The van der Waals surface area contributed by atoms with Crippen molar-refractivity contribution in [3.05, 3.63) is 59.0 Å². The van der Waals surface area contributed by atoms with Gasteiger partial charge in [0.2, 0.25) is 0 Å². The highest BCUT2D eigenvalue weighted by atomic mass is 16.3. The van der Waals surface area contributed by atoms with Gasteiger partial charge in [-0.15, -0.1) is 0 Å². The zero-order valence-corrected chi connectivity index (χ0v) is 15.4. The van der Waals surface area contributed by atoms with Crippen LogP contribution in [0.4, 0.5) is 0 Å². The van der Waals surface area contributed by atoms with E-state index in [1.807, 2.05) is 19.1 Å². The molecule has 1 aromatic heterocycles. The maximum atomic E-state index is 12.0. The van der Waals surface area contributed by atoms with E-state index in [0.29, 0.717) is 12.3 Å². The SMILES string of the molecule is Cc1ccc(CN2CCN(CC(=O)N/N=C\c3ccc(C)o3)CC2)cc1. The van der Waals surface area contributed by atoms with E-state index >= 15 is 0 Å². The number of benzene rings is 1. The Bertz CT molecular complexity index is 743. The van der Waals surface area contributed by atoms with E-state index in [0.717, 1.165) is 38.5 Å². The van der Waals surface area contributed by atoms with Crippen molar-refractivity contribution in [1.82, 2.24) is 15.2 Å². The predicted octanol–water partition coefficient (Wildman–Crippen LogP) is 2.16. The number of hydrazone groups is 1. The highest BCUT2D eigenvalue weighted by Crippen LogP contribution is 2.09. The molecular weight excluding hydrogens is 328 g/mol. The van der Waals surface area contributed by atoms with E-state index in [1.54, 1.807) is 0 Å². The molecule has 0 radical (unpaired) electrons. The number of rotatable bonds is 6. The zero-order chi connectivity index (χ0) is 18.4. The molecule has 26 heavy (non-hydrogen) atoms. The molecule has 1 amide bonds. The van der Waals surface area contributed by atoms with Crippen LogP contribution in [0.2, 0.25) is 0 Å². The second kappa shape index (κ2) is 8.78. The lowest BCUT2D eigenvalue weighted by atomic mass is 10.1. The molecule has 0 bridgehead atoms. The van der Waals surface area contributed by atoms with E-state index in [1.165, 1.54) is 17.3 Å². The Balaban J connectivity index is 1.37. The van der Waals surface area contributed by atoms with Crippen molar-refractivity contribution in [2.24, 2.45) is 5.10 Å². The van der Waals surface area contributed by atoms with Crippen molar-refractivity contribution in [2.75, 3.05) is 32.7 Å². The fourth-order valence-corrected chi connectivity index (χ4v) is 2.99. The third-order valence-electron chi connectivity index (χ3n) is 4.50. The van der Waals surface area contributed by atoms with E-state index in [9.17, 15) is 4.79 Å². The van der Waals surface area contributed by atoms with Gasteiger partial charge in [-0.05, 0) is 31.5 Å². The Morgan fingerprint density at radius 1 is 1.08 bits per heavy atom. The van der Waals surface area contributed by atoms with Gasteiger partial charge in [0.25, 0.3) is 5.91 Å². The van der Waals surface area contributed by atoms with Crippen molar-refractivity contribution < 1.29 is 9.21 Å². The van der Waals surface area contributed by atoms with Gasteiger partial charge in [0.15, 0.2) is 0 Å². The Morgan fingerprint density at radius 3 is 2.42 bits per heavy atom. The van der Waals surface area contributed by atoms with Crippen LogP contribution in [-0.2, 0) is 11.3 Å². The number of hydrogen-bond acceptors (Lipinski definition) is 5. The molecule has 6 heteroatoms. The van der Waals surface area contributed by atoms with Gasteiger partial charge in [-0.2, -0.15) is 5.10 Å². The fourth-order valence-electron chi connectivity index (χ4n) is 2.99. The van der Waals surface area contributed by atoms with Crippen LogP contribution in [0.25, 0.3) is 0 Å². The molecule has 3 rings (SSSR count). The minimum Gasteiger partial charge on any atom is -0.460 e. The lowest BCUT2D eigenvalue weighted by Crippen LogP contribution is -2.48. The van der Waals surface area contributed by atoms with Crippen LogP contribution in [0.5, 0.6) is 0 Å².